The topological polar surface area (TPSA) is 59.6 Å². The van der Waals surface area contributed by atoms with Crippen molar-refractivity contribution in [2.75, 3.05) is 27.3 Å². The monoisotopic (exact) mass is 252 g/mol. The lowest BCUT2D eigenvalue weighted by Crippen LogP contribution is -2.38. The van der Waals surface area contributed by atoms with Crippen LogP contribution in [-0.4, -0.2) is 39.5 Å². The maximum atomic E-state index is 11.5. The summed E-state index contributed by atoms with van der Waals surface area (Å²) in [6, 6.07) is 9.78. The molecule has 1 aromatic rings. The summed E-state index contributed by atoms with van der Waals surface area (Å²) in [4.78, 5) is 11.5. The smallest absolute Gasteiger partial charge is 0.234 e. The van der Waals surface area contributed by atoms with Gasteiger partial charge in [-0.1, -0.05) is 30.3 Å². The Bertz CT molecular complexity index is 339. The fourth-order valence-corrected chi connectivity index (χ4v) is 1.43. The molecule has 0 unspecified atom stereocenters. The number of amides is 1. The summed E-state index contributed by atoms with van der Waals surface area (Å²) in [5.74, 6) is -0.0511. The molecule has 1 amide bonds. The van der Waals surface area contributed by atoms with Gasteiger partial charge in [-0.15, -0.1) is 0 Å². The highest BCUT2D eigenvalue weighted by atomic mass is 16.7. The van der Waals surface area contributed by atoms with Gasteiger partial charge in [0.05, 0.1) is 6.54 Å². The zero-order chi connectivity index (χ0) is 13.2. The van der Waals surface area contributed by atoms with Crippen LogP contribution >= 0.6 is 0 Å². The molecule has 0 spiro atoms. The average molecular weight is 252 g/mol. The lowest BCUT2D eigenvalue weighted by Gasteiger charge is -2.13. The molecule has 0 heterocycles. The maximum absolute atomic E-state index is 11.5. The van der Waals surface area contributed by atoms with Crippen LogP contribution in [0, 0.1) is 0 Å². The van der Waals surface area contributed by atoms with Gasteiger partial charge in [-0.2, -0.15) is 0 Å². The second kappa shape index (κ2) is 8.63. The van der Waals surface area contributed by atoms with E-state index < -0.39 is 0 Å². The first-order valence-electron chi connectivity index (χ1n) is 5.83. The van der Waals surface area contributed by atoms with Crippen molar-refractivity contribution in [1.82, 2.24) is 10.6 Å². The highest BCUT2D eigenvalue weighted by Gasteiger charge is 2.05. The van der Waals surface area contributed by atoms with Crippen molar-refractivity contribution < 1.29 is 14.3 Å². The first kappa shape index (κ1) is 14.6. The minimum absolute atomic E-state index is 0.0511. The van der Waals surface area contributed by atoms with Gasteiger partial charge in [0, 0.05) is 27.3 Å². The van der Waals surface area contributed by atoms with E-state index in [1.807, 2.05) is 30.3 Å². The molecule has 18 heavy (non-hydrogen) atoms. The van der Waals surface area contributed by atoms with Crippen molar-refractivity contribution in [2.45, 2.75) is 12.8 Å². The zero-order valence-electron chi connectivity index (χ0n) is 10.8. The molecule has 0 fully saturated rings. The minimum Gasteiger partial charge on any atom is -0.355 e. The molecule has 0 radical (unpaired) electrons. The Morgan fingerprint density at radius 1 is 1.22 bits per heavy atom. The number of ether oxygens (including phenoxy) is 2. The van der Waals surface area contributed by atoms with Crippen LogP contribution in [0.5, 0.6) is 0 Å². The molecule has 1 rings (SSSR count). The fraction of sp³-hybridized carbons (Fsp3) is 0.462. The van der Waals surface area contributed by atoms with Gasteiger partial charge >= 0.3 is 0 Å². The van der Waals surface area contributed by atoms with E-state index in [4.69, 9.17) is 9.47 Å². The van der Waals surface area contributed by atoms with E-state index in [1.165, 1.54) is 0 Å². The van der Waals surface area contributed by atoms with Gasteiger partial charge in [-0.05, 0) is 5.56 Å². The predicted molar refractivity (Wildman–Crippen MR) is 69.0 cm³/mol. The number of hydrogen-bond donors (Lipinski definition) is 2. The molecule has 0 saturated heterocycles. The summed E-state index contributed by atoms with van der Waals surface area (Å²) < 4.78 is 9.99. The highest BCUT2D eigenvalue weighted by Crippen LogP contribution is 1.96. The fourth-order valence-electron chi connectivity index (χ4n) is 1.43. The quantitative estimate of drug-likeness (QED) is 0.662. The summed E-state index contributed by atoms with van der Waals surface area (Å²) in [6.07, 6.45) is -0.327. The predicted octanol–water partition coefficient (Wildman–Crippen LogP) is 0.511. The van der Waals surface area contributed by atoms with Crippen LogP contribution in [0.25, 0.3) is 0 Å². The van der Waals surface area contributed by atoms with E-state index in [2.05, 4.69) is 10.6 Å². The molecular weight excluding hydrogens is 232 g/mol. The summed E-state index contributed by atoms with van der Waals surface area (Å²) >= 11 is 0. The summed E-state index contributed by atoms with van der Waals surface area (Å²) in [7, 11) is 3.12. The Hall–Kier alpha value is -1.43. The van der Waals surface area contributed by atoms with Crippen molar-refractivity contribution in [1.29, 1.82) is 0 Å². The van der Waals surface area contributed by atoms with Gasteiger partial charge in [0.25, 0.3) is 0 Å². The first-order valence-corrected chi connectivity index (χ1v) is 5.83. The van der Waals surface area contributed by atoms with E-state index in [0.717, 1.165) is 5.56 Å². The summed E-state index contributed by atoms with van der Waals surface area (Å²) in [6.45, 7) is 1.27. The first-order chi connectivity index (χ1) is 8.76. The molecule has 100 valence electrons. The van der Waals surface area contributed by atoms with E-state index in [-0.39, 0.29) is 18.7 Å². The van der Waals surface area contributed by atoms with Gasteiger partial charge in [0.2, 0.25) is 5.91 Å². The molecule has 5 heteroatoms. The number of carbonyl (C=O) groups excluding carboxylic acids is 1. The van der Waals surface area contributed by atoms with Crippen LogP contribution in [0.1, 0.15) is 5.56 Å². The van der Waals surface area contributed by atoms with Crippen molar-refractivity contribution >= 4 is 5.91 Å². The van der Waals surface area contributed by atoms with Crippen molar-refractivity contribution in [3.8, 4) is 0 Å². The van der Waals surface area contributed by atoms with Crippen molar-refractivity contribution in [2.24, 2.45) is 0 Å². The number of nitrogens with one attached hydrogen (secondary N) is 2. The lowest BCUT2D eigenvalue weighted by molar-refractivity contribution is -0.121. The lowest BCUT2D eigenvalue weighted by atomic mass is 10.2. The van der Waals surface area contributed by atoms with Crippen LogP contribution in [0.2, 0.25) is 0 Å². The number of hydrogen-bond acceptors (Lipinski definition) is 4. The van der Waals surface area contributed by atoms with Gasteiger partial charge in [0.15, 0.2) is 6.29 Å². The Morgan fingerprint density at radius 3 is 2.50 bits per heavy atom. The normalized spacial score (nSPS) is 10.6. The Morgan fingerprint density at radius 2 is 1.89 bits per heavy atom. The van der Waals surface area contributed by atoms with E-state index >= 15 is 0 Å². The van der Waals surface area contributed by atoms with Crippen molar-refractivity contribution in [3.05, 3.63) is 35.9 Å². The SMILES string of the molecule is COC(CNCC(=O)NCc1ccccc1)OC. The molecule has 0 bridgehead atoms. The molecule has 0 aliphatic carbocycles. The molecule has 0 saturated carbocycles. The Kier molecular flexibility index (Phi) is 7.01. The molecular formula is C13H20N2O3. The molecule has 1 aromatic carbocycles. The second-order valence-corrected chi connectivity index (χ2v) is 3.79. The third-order valence-electron chi connectivity index (χ3n) is 2.45. The second-order valence-electron chi connectivity index (χ2n) is 3.79. The number of carbonyl (C=O) groups is 1. The minimum atomic E-state index is -0.327. The van der Waals surface area contributed by atoms with Crippen LogP contribution in [0.15, 0.2) is 30.3 Å². The highest BCUT2D eigenvalue weighted by molar-refractivity contribution is 5.77. The largest absolute Gasteiger partial charge is 0.355 e. The third-order valence-corrected chi connectivity index (χ3v) is 2.45. The Balaban J connectivity index is 2.14. The van der Waals surface area contributed by atoms with Gasteiger partial charge in [-0.3, -0.25) is 4.79 Å². The van der Waals surface area contributed by atoms with Crippen LogP contribution in [-0.2, 0) is 20.8 Å². The number of rotatable bonds is 8. The summed E-state index contributed by atoms with van der Waals surface area (Å²) in [5.41, 5.74) is 1.08. The van der Waals surface area contributed by atoms with Gasteiger partial charge in [0.1, 0.15) is 0 Å². The van der Waals surface area contributed by atoms with Gasteiger partial charge in [-0.25, -0.2) is 0 Å². The number of benzene rings is 1. The molecule has 0 atom stereocenters. The standard InChI is InChI=1S/C13H20N2O3/c1-17-13(18-2)10-14-9-12(16)15-8-11-6-4-3-5-7-11/h3-7,13-14H,8-10H2,1-2H3,(H,15,16). The molecule has 2 N–H and O–H groups in total. The van der Waals surface area contributed by atoms with Crippen LogP contribution < -0.4 is 10.6 Å². The van der Waals surface area contributed by atoms with E-state index in [1.54, 1.807) is 14.2 Å². The molecule has 0 aliphatic rings. The Labute approximate surface area is 107 Å². The third kappa shape index (κ3) is 5.77. The average Bonchev–Trinajstić information content (AvgIpc) is 2.42. The van der Waals surface area contributed by atoms with Gasteiger partial charge < -0.3 is 20.1 Å². The molecule has 5 nitrogen and oxygen atoms in total. The van der Waals surface area contributed by atoms with E-state index in [9.17, 15) is 4.79 Å². The number of methoxy groups -OCH3 is 2. The maximum Gasteiger partial charge on any atom is 0.234 e. The molecule has 0 aliphatic heterocycles. The van der Waals surface area contributed by atoms with Crippen molar-refractivity contribution in [3.63, 3.8) is 0 Å². The summed E-state index contributed by atoms with van der Waals surface area (Å²) in [5, 5.41) is 5.79. The zero-order valence-corrected chi connectivity index (χ0v) is 10.8. The van der Waals surface area contributed by atoms with Crippen LogP contribution in [0.3, 0.4) is 0 Å². The molecule has 0 aromatic heterocycles. The van der Waals surface area contributed by atoms with E-state index in [0.29, 0.717) is 13.1 Å². The van der Waals surface area contributed by atoms with Crippen LogP contribution in [0.4, 0.5) is 0 Å².